The highest BCUT2D eigenvalue weighted by Crippen LogP contribution is 2.28. The van der Waals surface area contributed by atoms with Crippen LogP contribution in [0.15, 0.2) is 0 Å². The Balaban J connectivity index is 0.00000180. The maximum atomic E-state index is 12.2. The van der Waals surface area contributed by atoms with E-state index in [1.807, 2.05) is 0 Å². The number of nitrogens with two attached hydrogens (primary N) is 1. The number of carbonyl (C=O) groups excluding carboxylic acids is 1. The Bertz CT molecular complexity index is 277. The second-order valence-corrected chi connectivity index (χ2v) is 6.26. The van der Waals surface area contributed by atoms with Crippen LogP contribution in [0.2, 0.25) is 0 Å². The molecule has 2 fully saturated rings. The Kier molecular flexibility index (Phi) is 7.16. The van der Waals surface area contributed by atoms with Gasteiger partial charge in [-0.25, -0.2) is 0 Å². The Labute approximate surface area is 123 Å². The van der Waals surface area contributed by atoms with E-state index in [1.54, 1.807) is 0 Å². The molecule has 0 radical (unpaired) electrons. The number of nitrogens with one attached hydrogen (secondary N) is 1. The van der Waals surface area contributed by atoms with Crippen LogP contribution in [-0.4, -0.2) is 18.0 Å². The normalized spacial score (nSPS) is 35.3. The van der Waals surface area contributed by atoms with E-state index in [2.05, 4.69) is 12.2 Å². The van der Waals surface area contributed by atoms with E-state index in [0.29, 0.717) is 6.04 Å². The molecule has 2 saturated carbocycles. The lowest BCUT2D eigenvalue weighted by atomic mass is 9.83. The van der Waals surface area contributed by atoms with Crippen molar-refractivity contribution in [2.75, 3.05) is 0 Å². The molecule has 0 saturated heterocycles. The second-order valence-electron chi connectivity index (χ2n) is 6.26. The molecule has 0 aromatic heterocycles. The Hall–Kier alpha value is -0.280. The van der Waals surface area contributed by atoms with Gasteiger partial charge < -0.3 is 11.1 Å². The van der Waals surface area contributed by atoms with Gasteiger partial charge in [0.1, 0.15) is 0 Å². The van der Waals surface area contributed by atoms with Crippen molar-refractivity contribution in [3.8, 4) is 0 Å². The van der Waals surface area contributed by atoms with Crippen molar-refractivity contribution in [3.05, 3.63) is 0 Å². The van der Waals surface area contributed by atoms with Crippen LogP contribution in [0.5, 0.6) is 0 Å². The summed E-state index contributed by atoms with van der Waals surface area (Å²) < 4.78 is 0. The molecule has 0 spiro atoms. The summed E-state index contributed by atoms with van der Waals surface area (Å²) in [7, 11) is 0. The van der Waals surface area contributed by atoms with Crippen molar-refractivity contribution in [1.29, 1.82) is 0 Å². The van der Waals surface area contributed by atoms with E-state index in [9.17, 15) is 4.79 Å². The van der Waals surface area contributed by atoms with Crippen LogP contribution in [0.25, 0.3) is 0 Å². The Morgan fingerprint density at radius 1 is 1.16 bits per heavy atom. The van der Waals surface area contributed by atoms with Gasteiger partial charge in [-0.1, -0.05) is 19.8 Å². The van der Waals surface area contributed by atoms with E-state index in [4.69, 9.17) is 5.73 Å². The summed E-state index contributed by atoms with van der Waals surface area (Å²) in [5.41, 5.74) is 5.95. The van der Waals surface area contributed by atoms with Crippen LogP contribution < -0.4 is 11.1 Å². The van der Waals surface area contributed by atoms with Gasteiger partial charge in [0.15, 0.2) is 0 Å². The first kappa shape index (κ1) is 16.8. The Morgan fingerprint density at radius 3 is 2.42 bits per heavy atom. The molecular formula is C15H29ClN2O. The summed E-state index contributed by atoms with van der Waals surface area (Å²) in [6, 6.07) is 0.670. The SMILES string of the molecule is CCC1CCC(NC(=O)C2CCCC(N)C2)CC1.Cl. The number of amides is 1. The molecule has 3 N–H and O–H groups in total. The molecule has 2 atom stereocenters. The van der Waals surface area contributed by atoms with Gasteiger partial charge in [-0.05, 0) is 50.9 Å². The van der Waals surface area contributed by atoms with Gasteiger partial charge in [-0.15, -0.1) is 12.4 Å². The number of hydrogen-bond donors (Lipinski definition) is 2. The fraction of sp³-hybridized carbons (Fsp3) is 0.933. The molecule has 0 aliphatic heterocycles. The molecule has 3 nitrogen and oxygen atoms in total. The summed E-state index contributed by atoms with van der Waals surface area (Å²) >= 11 is 0. The average Bonchev–Trinajstić information content (AvgIpc) is 2.39. The number of hydrogen-bond acceptors (Lipinski definition) is 2. The molecular weight excluding hydrogens is 260 g/mol. The first-order chi connectivity index (χ1) is 8.69. The van der Waals surface area contributed by atoms with Crippen molar-refractivity contribution in [1.82, 2.24) is 5.32 Å². The van der Waals surface area contributed by atoms with Crippen molar-refractivity contribution < 1.29 is 4.79 Å². The minimum Gasteiger partial charge on any atom is -0.353 e. The summed E-state index contributed by atoms with van der Waals surface area (Å²) in [5, 5.41) is 3.26. The smallest absolute Gasteiger partial charge is 0.223 e. The third-order valence-corrected chi connectivity index (χ3v) is 4.86. The van der Waals surface area contributed by atoms with Crippen molar-refractivity contribution in [2.45, 2.75) is 76.8 Å². The highest BCUT2D eigenvalue weighted by molar-refractivity contribution is 5.85. The van der Waals surface area contributed by atoms with Gasteiger partial charge in [0.05, 0.1) is 0 Å². The maximum absolute atomic E-state index is 12.2. The van der Waals surface area contributed by atoms with Gasteiger partial charge in [-0.2, -0.15) is 0 Å². The second kappa shape index (κ2) is 8.11. The lowest BCUT2D eigenvalue weighted by Crippen LogP contribution is -2.43. The number of rotatable bonds is 3. The van der Waals surface area contributed by atoms with Crippen LogP contribution in [0.1, 0.15) is 64.7 Å². The number of carbonyl (C=O) groups is 1. The van der Waals surface area contributed by atoms with Gasteiger partial charge in [0.25, 0.3) is 0 Å². The van der Waals surface area contributed by atoms with E-state index < -0.39 is 0 Å². The van der Waals surface area contributed by atoms with Gasteiger partial charge in [0.2, 0.25) is 5.91 Å². The summed E-state index contributed by atoms with van der Waals surface area (Å²) in [4.78, 5) is 12.2. The molecule has 0 aromatic carbocycles. The maximum Gasteiger partial charge on any atom is 0.223 e. The average molecular weight is 289 g/mol. The van der Waals surface area contributed by atoms with E-state index in [-0.39, 0.29) is 30.3 Å². The fourth-order valence-electron chi connectivity index (χ4n) is 3.50. The summed E-state index contributed by atoms with van der Waals surface area (Å²) in [6.45, 7) is 2.27. The predicted molar refractivity (Wildman–Crippen MR) is 81.4 cm³/mol. The summed E-state index contributed by atoms with van der Waals surface area (Å²) in [6.07, 6.45) is 10.3. The lowest BCUT2D eigenvalue weighted by Gasteiger charge is -2.31. The molecule has 0 aromatic rings. The quantitative estimate of drug-likeness (QED) is 0.839. The third kappa shape index (κ3) is 4.96. The van der Waals surface area contributed by atoms with Crippen LogP contribution in [0, 0.1) is 11.8 Å². The van der Waals surface area contributed by atoms with Crippen LogP contribution in [0.3, 0.4) is 0 Å². The molecule has 1 amide bonds. The molecule has 0 heterocycles. The van der Waals surface area contributed by atoms with Crippen molar-refractivity contribution in [3.63, 3.8) is 0 Å². The standard InChI is InChI=1S/C15H28N2O.ClH/c1-2-11-6-8-14(9-7-11)17-15(18)12-4-3-5-13(16)10-12;/h11-14H,2-10,16H2,1H3,(H,17,18);1H. The zero-order valence-corrected chi connectivity index (χ0v) is 12.9. The summed E-state index contributed by atoms with van der Waals surface area (Å²) in [5.74, 6) is 1.34. The lowest BCUT2D eigenvalue weighted by molar-refractivity contribution is -0.127. The number of halogens is 1. The van der Waals surface area contributed by atoms with Gasteiger partial charge in [0, 0.05) is 18.0 Å². The molecule has 2 aliphatic rings. The molecule has 19 heavy (non-hydrogen) atoms. The monoisotopic (exact) mass is 288 g/mol. The molecule has 4 heteroatoms. The minimum atomic E-state index is 0. The van der Waals surface area contributed by atoms with Crippen LogP contribution >= 0.6 is 12.4 Å². The minimum absolute atomic E-state index is 0. The highest BCUT2D eigenvalue weighted by Gasteiger charge is 2.28. The van der Waals surface area contributed by atoms with E-state index in [0.717, 1.165) is 31.6 Å². The first-order valence-electron chi connectivity index (χ1n) is 7.75. The Morgan fingerprint density at radius 2 is 1.84 bits per heavy atom. The first-order valence-corrected chi connectivity index (χ1v) is 7.75. The topological polar surface area (TPSA) is 55.1 Å². The van der Waals surface area contributed by atoms with Crippen molar-refractivity contribution >= 4 is 18.3 Å². The largest absolute Gasteiger partial charge is 0.353 e. The molecule has 2 unspecified atom stereocenters. The van der Waals surface area contributed by atoms with Crippen molar-refractivity contribution in [2.24, 2.45) is 17.6 Å². The third-order valence-electron chi connectivity index (χ3n) is 4.86. The van der Waals surface area contributed by atoms with Crippen LogP contribution in [-0.2, 0) is 4.79 Å². The fourth-order valence-corrected chi connectivity index (χ4v) is 3.50. The van der Waals surface area contributed by atoms with Gasteiger partial charge >= 0.3 is 0 Å². The predicted octanol–water partition coefficient (Wildman–Crippen LogP) is 3.01. The molecule has 2 aliphatic carbocycles. The molecule has 2 rings (SSSR count). The van der Waals surface area contributed by atoms with Crippen LogP contribution in [0.4, 0.5) is 0 Å². The van der Waals surface area contributed by atoms with E-state index >= 15 is 0 Å². The highest BCUT2D eigenvalue weighted by atomic mass is 35.5. The molecule has 112 valence electrons. The zero-order valence-electron chi connectivity index (χ0n) is 12.1. The van der Waals surface area contributed by atoms with Gasteiger partial charge in [-0.3, -0.25) is 4.79 Å². The molecule has 0 bridgehead atoms. The van der Waals surface area contributed by atoms with E-state index in [1.165, 1.54) is 32.1 Å². The zero-order chi connectivity index (χ0) is 13.0.